The molecule has 7 heteroatoms. The number of pyridine rings is 1. The number of aromatic nitrogens is 5. The number of rotatable bonds is 3. The summed E-state index contributed by atoms with van der Waals surface area (Å²) in [4.78, 5) is 17.3. The van der Waals surface area contributed by atoms with Crippen LogP contribution in [0.3, 0.4) is 0 Å². The molecule has 0 saturated heterocycles. The van der Waals surface area contributed by atoms with E-state index in [0.29, 0.717) is 29.4 Å². The monoisotopic (exact) mass is 328 g/mol. The van der Waals surface area contributed by atoms with E-state index in [-0.39, 0.29) is 5.28 Å². The Morgan fingerprint density at radius 3 is 2.83 bits per heavy atom. The summed E-state index contributed by atoms with van der Waals surface area (Å²) in [7, 11) is 0. The minimum absolute atomic E-state index is 0.129. The maximum Gasteiger partial charge on any atom is 0.226 e. The van der Waals surface area contributed by atoms with Crippen LogP contribution in [0.1, 0.15) is 43.0 Å². The van der Waals surface area contributed by atoms with E-state index in [1.807, 2.05) is 10.6 Å². The Morgan fingerprint density at radius 1 is 1.17 bits per heavy atom. The Bertz CT molecular complexity index is 853. The van der Waals surface area contributed by atoms with Crippen molar-refractivity contribution in [2.24, 2.45) is 0 Å². The molecular formula is C16H17ClN6. The predicted molar refractivity (Wildman–Crippen MR) is 89.3 cm³/mol. The third kappa shape index (κ3) is 2.74. The van der Waals surface area contributed by atoms with Crippen molar-refractivity contribution in [3.63, 3.8) is 0 Å². The third-order valence-electron chi connectivity index (χ3n) is 4.40. The molecule has 0 spiro atoms. The Labute approximate surface area is 138 Å². The quantitative estimate of drug-likeness (QED) is 0.747. The van der Waals surface area contributed by atoms with Crippen LogP contribution in [0.2, 0.25) is 5.28 Å². The van der Waals surface area contributed by atoms with Gasteiger partial charge in [0.25, 0.3) is 0 Å². The van der Waals surface area contributed by atoms with Crippen LogP contribution < -0.4 is 5.73 Å². The first-order valence-electron chi connectivity index (χ1n) is 7.80. The second-order valence-electron chi connectivity index (χ2n) is 5.96. The van der Waals surface area contributed by atoms with Gasteiger partial charge in [-0.1, -0.05) is 18.9 Å². The Hall–Kier alpha value is -2.21. The van der Waals surface area contributed by atoms with Gasteiger partial charge in [0.05, 0.1) is 18.6 Å². The molecule has 23 heavy (non-hydrogen) atoms. The second-order valence-corrected chi connectivity index (χ2v) is 6.30. The molecule has 0 amide bonds. The molecule has 2 N–H and O–H groups in total. The number of nitrogens with two attached hydrogens (primary N) is 1. The van der Waals surface area contributed by atoms with Gasteiger partial charge in [-0.2, -0.15) is 9.97 Å². The molecule has 118 valence electrons. The fourth-order valence-corrected chi connectivity index (χ4v) is 3.43. The lowest BCUT2D eigenvalue weighted by Crippen LogP contribution is -2.05. The SMILES string of the molecule is Nc1nc(Cl)nc2c1ncn2Cc1cccc(C2CCCC2)n1. The van der Waals surface area contributed by atoms with Crippen molar-refractivity contribution in [2.75, 3.05) is 5.73 Å². The van der Waals surface area contributed by atoms with E-state index in [9.17, 15) is 0 Å². The van der Waals surface area contributed by atoms with Gasteiger partial charge in [-0.25, -0.2) is 4.98 Å². The molecule has 6 nitrogen and oxygen atoms in total. The van der Waals surface area contributed by atoms with Crippen LogP contribution in [0.5, 0.6) is 0 Å². The van der Waals surface area contributed by atoms with Crippen molar-refractivity contribution < 1.29 is 0 Å². The molecule has 0 aromatic carbocycles. The number of imidazole rings is 1. The number of hydrogen-bond acceptors (Lipinski definition) is 5. The van der Waals surface area contributed by atoms with E-state index in [1.165, 1.54) is 31.4 Å². The first-order chi connectivity index (χ1) is 11.2. The number of halogens is 1. The molecule has 3 aromatic heterocycles. The largest absolute Gasteiger partial charge is 0.382 e. The van der Waals surface area contributed by atoms with Gasteiger partial charge in [0.15, 0.2) is 11.5 Å². The lowest BCUT2D eigenvalue weighted by atomic mass is 10.0. The second kappa shape index (κ2) is 5.77. The molecule has 3 heterocycles. The van der Waals surface area contributed by atoms with E-state index in [0.717, 1.165) is 5.69 Å². The lowest BCUT2D eigenvalue weighted by molar-refractivity contribution is 0.683. The summed E-state index contributed by atoms with van der Waals surface area (Å²) in [6, 6.07) is 6.23. The standard InChI is InChI=1S/C16H17ClN6/c17-16-21-14(18)13-15(22-16)23(9-19-13)8-11-6-3-7-12(20-11)10-4-1-2-5-10/h3,6-7,9-10H,1-2,4-5,8H2,(H2,18,21,22). The zero-order chi connectivity index (χ0) is 15.8. The summed E-state index contributed by atoms with van der Waals surface area (Å²) < 4.78 is 1.90. The molecule has 0 aliphatic heterocycles. The molecule has 1 saturated carbocycles. The maximum absolute atomic E-state index is 5.91. The highest BCUT2D eigenvalue weighted by Gasteiger charge is 2.18. The summed E-state index contributed by atoms with van der Waals surface area (Å²) >= 11 is 5.91. The highest BCUT2D eigenvalue weighted by Crippen LogP contribution is 2.33. The van der Waals surface area contributed by atoms with Gasteiger partial charge in [-0.3, -0.25) is 4.98 Å². The van der Waals surface area contributed by atoms with Crippen LogP contribution in [0.15, 0.2) is 24.5 Å². The zero-order valence-corrected chi connectivity index (χ0v) is 13.4. The third-order valence-corrected chi connectivity index (χ3v) is 4.57. The average molecular weight is 329 g/mol. The number of hydrogen-bond donors (Lipinski definition) is 1. The van der Waals surface area contributed by atoms with Crippen LogP contribution >= 0.6 is 11.6 Å². The van der Waals surface area contributed by atoms with Crippen LogP contribution in [0, 0.1) is 0 Å². The Kier molecular flexibility index (Phi) is 3.61. The lowest BCUT2D eigenvalue weighted by Gasteiger charge is -2.10. The van der Waals surface area contributed by atoms with Crippen molar-refractivity contribution in [3.05, 3.63) is 41.2 Å². The predicted octanol–water partition coefficient (Wildman–Crippen LogP) is 3.16. The van der Waals surface area contributed by atoms with E-state index in [4.69, 9.17) is 22.3 Å². The fraction of sp³-hybridized carbons (Fsp3) is 0.375. The molecule has 0 unspecified atom stereocenters. The van der Waals surface area contributed by atoms with Crippen molar-refractivity contribution in [2.45, 2.75) is 38.1 Å². The normalized spacial score (nSPS) is 15.5. The Morgan fingerprint density at radius 2 is 2.00 bits per heavy atom. The Balaban J connectivity index is 1.67. The first kappa shape index (κ1) is 14.4. The molecule has 1 fully saturated rings. The van der Waals surface area contributed by atoms with Crippen LogP contribution in [0.4, 0.5) is 5.82 Å². The average Bonchev–Trinajstić information content (AvgIpc) is 3.18. The van der Waals surface area contributed by atoms with Gasteiger partial charge in [0.2, 0.25) is 5.28 Å². The van der Waals surface area contributed by atoms with Gasteiger partial charge < -0.3 is 10.3 Å². The van der Waals surface area contributed by atoms with Gasteiger partial charge in [0.1, 0.15) is 5.52 Å². The molecule has 1 aliphatic rings. The molecule has 3 aromatic rings. The highest BCUT2D eigenvalue weighted by molar-refractivity contribution is 6.28. The maximum atomic E-state index is 5.91. The van der Waals surface area contributed by atoms with Crippen LogP contribution in [0.25, 0.3) is 11.2 Å². The number of nitrogen functional groups attached to an aromatic ring is 1. The van der Waals surface area contributed by atoms with Crippen LogP contribution in [-0.4, -0.2) is 24.5 Å². The smallest absolute Gasteiger partial charge is 0.226 e. The summed E-state index contributed by atoms with van der Waals surface area (Å²) in [5, 5.41) is 0.129. The van der Waals surface area contributed by atoms with Crippen molar-refractivity contribution in [3.8, 4) is 0 Å². The van der Waals surface area contributed by atoms with E-state index >= 15 is 0 Å². The van der Waals surface area contributed by atoms with Crippen molar-refractivity contribution >= 4 is 28.6 Å². The molecule has 0 bridgehead atoms. The minimum atomic E-state index is 0.129. The minimum Gasteiger partial charge on any atom is -0.382 e. The van der Waals surface area contributed by atoms with Crippen LogP contribution in [-0.2, 0) is 6.54 Å². The van der Waals surface area contributed by atoms with Crippen molar-refractivity contribution in [1.29, 1.82) is 0 Å². The van der Waals surface area contributed by atoms with Gasteiger partial charge in [-0.15, -0.1) is 0 Å². The molecule has 0 atom stereocenters. The van der Waals surface area contributed by atoms with Crippen molar-refractivity contribution in [1.82, 2.24) is 24.5 Å². The van der Waals surface area contributed by atoms with E-state index in [1.54, 1.807) is 6.33 Å². The zero-order valence-electron chi connectivity index (χ0n) is 12.6. The van der Waals surface area contributed by atoms with Gasteiger partial charge in [-0.05, 0) is 36.6 Å². The first-order valence-corrected chi connectivity index (χ1v) is 8.18. The number of nitrogens with zero attached hydrogens (tertiary/aromatic N) is 5. The highest BCUT2D eigenvalue weighted by atomic mass is 35.5. The van der Waals surface area contributed by atoms with Gasteiger partial charge >= 0.3 is 0 Å². The topological polar surface area (TPSA) is 82.5 Å². The van der Waals surface area contributed by atoms with E-state index < -0.39 is 0 Å². The molecule has 1 aliphatic carbocycles. The van der Waals surface area contributed by atoms with E-state index in [2.05, 4.69) is 27.1 Å². The summed E-state index contributed by atoms with van der Waals surface area (Å²) in [5.74, 6) is 0.897. The summed E-state index contributed by atoms with van der Waals surface area (Å²) in [5.41, 5.74) is 9.23. The summed E-state index contributed by atoms with van der Waals surface area (Å²) in [6.07, 6.45) is 6.79. The molecular weight excluding hydrogens is 312 g/mol. The molecule has 4 rings (SSSR count). The summed E-state index contributed by atoms with van der Waals surface area (Å²) in [6.45, 7) is 0.587. The fourth-order valence-electron chi connectivity index (χ4n) is 3.26. The van der Waals surface area contributed by atoms with Gasteiger partial charge in [0, 0.05) is 11.6 Å². The number of anilines is 1. The molecule has 0 radical (unpaired) electrons. The number of fused-ring (bicyclic) bond motifs is 1.